The first-order chi connectivity index (χ1) is 10.2. The Morgan fingerprint density at radius 2 is 1.52 bits per heavy atom. The predicted octanol–water partition coefficient (Wildman–Crippen LogP) is 3.34. The summed E-state index contributed by atoms with van der Waals surface area (Å²) in [5.74, 6) is 1.56. The Hall–Kier alpha value is -2.00. The molecule has 0 saturated carbocycles. The molecule has 3 heteroatoms. The minimum absolute atomic E-state index is 0.772. The zero-order valence-electron chi connectivity index (χ0n) is 13.0. The van der Waals surface area contributed by atoms with Crippen LogP contribution in [0.1, 0.15) is 16.7 Å². The van der Waals surface area contributed by atoms with Gasteiger partial charge in [-0.25, -0.2) is 0 Å². The number of benzene rings is 2. The Bertz CT molecular complexity index is 564. The highest BCUT2D eigenvalue weighted by atomic mass is 16.5. The van der Waals surface area contributed by atoms with Crippen LogP contribution in [0.2, 0.25) is 0 Å². The van der Waals surface area contributed by atoms with E-state index in [1.165, 1.54) is 16.7 Å². The van der Waals surface area contributed by atoms with Crippen LogP contribution in [-0.4, -0.2) is 20.8 Å². The fraction of sp³-hybridized carbons (Fsp3) is 0.333. The van der Waals surface area contributed by atoms with Gasteiger partial charge in [0.25, 0.3) is 0 Å². The fourth-order valence-electron chi connectivity index (χ4n) is 2.21. The molecule has 0 aromatic heterocycles. The van der Waals surface area contributed by atoms with Gasteiger partial charge in [-0.05, 0) is 43.1 Å². The van der Waals surface area contributed by atoms with Crippen molar-refractivity contribution < 1.29 is 9.47 Å². The maximum absolute atomic E-state index is 5.32. The molecule has 21 heavy (non-hydrogen) atoms. The van der Waals surface area contributed by atoms with Crippen molar-refractivity contribution in [3.63, 3.8) is 0 Å². The van der Waals surface area contributed by atoms with Crippen LogP contribution in [-0.2, 0) is 13.0 Å². The molecule has 1 N–H and O–H groups in total. The zero-order valence-corrected chi connectivity index (χ0v) is 13.0. The summed E-state index contributed by atoms with van der Waals surface area (Å²) in [4.78, 5) is 0. The first-order valence-corrected chi connectivity index (χ1v) is 7.20. The van der Waals surface area contributed by atoms with Gasteiger partial charge in [-0.3, -0.25) is 0 Å². The molecule has 0 atom stereocenters. The smallest absolute Gasteiger partial charge is 0.160 e. The molecule has 0 fully saturated rings. The molecule has 2 aromatic rings. The van der Waals surface area contributed by atoms with Crippen LogP contribution >= 0.6 is 0 Å². The van der Waals surface area contributed by atoms with Gasteiger partial charge in [-0.2, -0.15) is 0 Å². The lowest BCUT2D eigenvalue weighted by Gasteiger charge is -2.10. The minimum Gasteiger partial charge on any atom is -0.493 e. The summed E-state index contributed by atoms with van der Waals surface area (Å²) in [6, 6.07) is 14.7. The normalized spacial score (nSPS) is 10.4. The van der Waals surface area contributed by atoms with Crippen molar-refractivity contribution in [2.45, 2.75) is 19.9 Å². The van der Waals surface area contributed by atoms with E-state index in [-0.39, 0.29) is 0 Å². The Balaban J connectivity index is 1.82. The number of nitrogens with one attached hydrogen (secondary N) is 1. The summed E-state index contributed by atoms with van der Waals surface area (Å²) in [5.41, 5.74) is 3.85. The summed E-state index contributed by atoms with van der Waals surface area (Å²) in [6.07, 6.45) is 0.964. The highest BCUT2D eigenvalue weighted by Gasteiger charge is 2.04. The highest BCUT2D eigenvalue weighted by Crippen LogP contribution is 2.27. The van der Waals surface area contributed by atoms with Crippen LogP contribution in [0.3, 0.4) is 0 Å². The van der Waals surface area contributed by atoms with Crippen LogP contribution in [0, 0.1) is 6.92 Å². The van der Waals surface area contributed by atoms with E-state index in [9.17, 15) is 0 Å². The third-order valence-electron chi connectivity index (χ3n) is 3.49. The van der Waals surface area contributed by atoms with E-state index in [0.717, 1.165) is 31.0 Å². The summed E-state index contributed by atoms with van der Waals surface area (Å²) in [6.45, 7) is 3.94. The topological polar surface area (TPSA) is 30.5 Å². The predicted molar refractivity (Wildman–Crippen MR) is 86.1 cm³/mol. The first-order valence-electron chi connectivity index (χ1n) is 7.20. The third kappa shape index (κ3) is 4.50. The second-order valence-electron chi connectivity index (χ2n) is 5.10. The maximum Gasteiger partial charge on any atom is 0.160 e. The Morgan fingerprint density at radius 3 is 2.19 bits per heavy atom. The van der Waals surface area contributed by atoms with Gasteiger partial charge in [0.2, 0.25) is 0 Å². The summed E-state index contributed by atoms with van der Waals surface area (Å²) in [7, 11) is 3.32. The van der Waals surface area contributed by atoms with Crippen LogP contribution in [0.15, 0.2) is 42.5 Å². The molecule has 3 nitrogen and oxygen atoms in total. The zero-order chi connectivity index (χ0) is 15.1. The molecule has 0 bridgehead atoms. The number of hydrogen-bond donors (Lipinski definition) is 1. The lowest BCUT2D eigenvalue weighted by atomic mass is 10.1. The second kappa shape index (κ2) is 7.70. The molecule has 0 spiro atoms. The monoisotopic (exact) mass is 285 g/mol. The van der Waals surface area contributed by atoms with Gasteiger partial charge in [-0.15, -0.1) is 0 Å². The standard InChI is InChI=1S/C18H23NO2/c1-14-4-6-16(7-5-14)13-19-11-10-15-8-9-17(20-2)18(12-15)21-3/h4-9,12,19H,10-11,13H2,1-3H3. The van der Waals surface area contributed by atoms with E-state index in [1.807, 2.05) is 12.1 Å². The van der Waals surface area contributed by atoms with Gasteiger partial charge in [0.15, 0.2) is 11.5 Å². The molecule has 0 heterocycles. The average Bonchev–Trinajstić information content (AvgIpc) is 2.53. The van der Waals surface area contributed by atoms with Crippen LogP contribution < -0.4 is 14.8 Å². The number of hydrogen-bond acceptors (Lipinski definition) is 3. The number of aryl methyl sites for hydroxylation is 1. The van der Waals surface area contributed by atoms with Gasteiger partial charge in [0, 0.05) is 6.54 Å². The molecular formula is C18H23NO2. The Kier molecular flexibility index (Phi) is 5.64. The van der Waals surface area contributed by atoms with Crippen LogP contribution in [0.4, 0.5) is 0 Å². The van der Waals surface area contributed by atoms with Crippen molar-refractivity contribution in [1.29, 1.82) is 0 Å². The second-order valence-corrected chi connectivity index (χ2v) is 5.10. The average molecular weight is 285 g/mol. The molecule has 0 radical (unpaired) electrons. The molecule has 0 aliphatic carbocycles. The third-order valence-corrected chi connectivity index (χ3v) is 3.49. The van der Waals surface area contributed by atoms with Crippen molar-refractivity contribution in [1.82, 2.24) is 5.32 Å². The van der Waals surface area contributed by atoms with Gasteiger partial charge in [-0.1, -0.05) is 35.9 Å². The van der Waals surface area contributed by atoms with Crippen molar-refractivity contribution >= 4 is 0 Å². The maximum atomic E-state index is 5.32. The van der Waals surface area contributed by atoms with Gasteiger partial charge < -0.3 is 14.8 Å². The first kappa shape index (κ1) is 15.4. The van der Waals surface area contributed by atoms with E-state index in [0.29, 0.717) is 0 Å². The highest BCUT2D eigenvalue weighted by molar-refractivity contribution is 5.42. The molecule has 0 unspecified atom stereocenters. The quantitative estimate of drug-likeness (QED) is 0.791. The molecule has 0 aliphatic heterocycles. The Morgan fingerprint density at radius 1 is 0.857 bits per heavy atom. The van der Waals surface area contributed by atoms with Crippen LogP contribution in [0.5, 0.6) is 11.5 Å². The van der Waals surface area contributed by atoms with Crippen molar-refractivity contribution in [3.8, 4) is 11.5 Å². The largest absolute Gasteiger partial charge is 0.493 e. The van der Waals surface area contributed by atoms with Crippen molar-refractivity contribution in [3.05, 3.63) is 59.2 Å². The van der Waals surface area contributed by atoms with E-state index in [1.54, 1.807) is 14.2 Å². The molecule has 2 rings (SSSR count). The number of methoxy groups -OCH3 is 2. The molecule has 2 aromatic carbocycles. The van der Waals surface area contributed by atoms with E-state index < -0.39 is 0 Å². The SMILES string of the molecule is COc1ccc(CCNCc2ccc(C)cc2)cc1OC. The molecule has 0 saturated heterocycles. The van der Waals surface area contributed by atoms with E-state index in [2.05, 4.69) is 42.6 Å². The van der Waals surface area contributed by atoms with E-state index in [4.69, 9.17) is 9.47 Å². The number of ether oxygens (including phenoxy) is 2. The molecule has 0 aliphatic rings. The number of rotatable bonds is 7. The van der Waals surface area contributed by atoms with E-state index >= 15 is 0 Å². The fourth-order valence-corrected chi connectivity index (χ4v) is 2.21. The lowest BCUT2D eigenvalue weighted by Crippen LogP contribution is -2.16. The summed E-state index contributed by atoms with van der Waals surface area (Å²) >= 11 is 0. The van der Waals surface area contributed by atoms with Gasteiger partial charge in [0.1, 0.15) is 0 Å². The summed E-state index contributed by atoms with van der Waals surface area (Å²) < 4.78 is 10.6. The summed E-state index contributed by atoms with van der Waals surface area (Å²) in [5, 5.41) is 3.46. The van der Waals surface area contributed by atoms with Crippen molar-refractivity contribution in [2.75, 3.05) is 20.8 Å². The molecule has 0 amide bonds. The van der Waals surface area contributed by atoms with Crippen LogP contribution in [0.25, 0.3) is 0 Å². The molecular weight excluding hydrogens is 262 g/mol. The van der Waals surface area contributed by atoms with Gasteiger partial charge >= 0.3 is 0 Å². The van der Waals surface area contributed by atoms with Gasteiger partial charge in [0.05, 0.1) is 14.2 Å². The molecule has 112 valence electrons. The minimum atomic E-state index is 0.772. The van der Waals surface area contributed by atoms with Crippen molar-refractivity contribution in [2.24, 2.45) is 0 Å². The lowest BCUT2D eigenvalue weighted by molar-refractivity contribution is 0.354. The Labute approximate surface area is 126 Å².